The zero-order valence-corrected chi connectivity index (χ0v) is 12.8. The van der Waals surface area contributed by atoms with Crippen molar-refractivity contribution in [2.75, 3.05) is 5.32 Å². The Bertz CT molecular complexity index is 717. The molecular formula is C15H13Cl2N3O. The summed E-state index contributed by atoms with van der Waals surface area (Å²) in [6.07, 6.45) is 5.24. The number of hydrogen-bond acceptors (Lipinski definition) is 3. The zero-order chi connectivity index (χ0) is 14.8. The molecule has 0 fully saturated rings. The van der Waals surface area contributed by atoms with E-state index in [0.717, 1.165) is 11.6 Å². The Hall–Kier alpha value is -1.91. The highest BCUT2D eigenvalue weighted by Crippen LogP contribution is 2.34. The van der Waals surface area contributed by atoms with Gasteiger partial charge in [-0.15, -0.1) is 0 Å². The van der Waals surface area contributed by atoms with E-state index >= 15 is 0 Å². The average molecular weight is 322 g/mol. The van der Waals surface area contributed by atoms with E-state index in [1.807, 2.05) is 29.9 Å². The van der Waals surface area contributed by atoms with Gasteiger partial charge in [0.2, 0.25) is 0 Å². The molecule has 0 saturated carbocycles. The number of anilines is 1. The first-order chi connectivity index (χ1) is 10.2. The topological polar surface area (TPSA) is 43.0 Å². The second kappa shape index (κ2) is 5.84. The summed E-state index contributed by atoms with van der Waals surface area (Å²) in [6, 6.07) is 8.81. The zero-order valence-electron chi connectivity index (χ0n) is 11.3. The summed E-state index contributed by atoms with van der Waals surface area (Å²) < 4.78 is 7.45. The van der Waals surface area contributed by atoms with E-state index in [2.05, 4.69) is 10.3 Å². The number of para-hydroxylation sites is 1. The number of imidazole rings is 1. The van der Waals surface area contributed by atoms with Crippen molar-refractivity contribution >= 4 is 28.9 Å². The van der Waals surface area contributed by atoms with Gasteiger partial charge >= 0.3 is 0 Å². The fourth-order valence-corrected chi connectivity index (χ4v) is 2.66. The van der Waals surface area contributed by atoms with Crippen LogP contribution in [0.1, 0.15) is 17.6 Å². The molecule has 6 heteroatoms. The molecule has 1 atom stereocenters. The number of aryl methyl sites for hydroxylation is 1. The van der Waals surface area contributed by atoms with Gasteiger partial charge in [0.25, 0.3) is 0 Å². The highest BCUT2D eigenvalue weighted by atomic mass is 35.5. The van der Waals surface area contributed by atoms with Gasteiger partial charge in [-0.25, -0.2) is 4.98 Å². The van der Waals surface area contributed by atoms with Crippen LogP contribution in [0.25, 0.3) is 0 Å². The monoisotopic (exact) mass is 321 g/mol. The molecule has 108 valence electrons. The van der Waals surface area contributed by atoms with E-state index in [1.54, 1.807) is 30.7 Å². The van der Waals surface area contributed by atoms with E-state index in [4.69, 9.17) is 27.6 Å². The molecule has 0 amide bonds. The van der Waals surface area contributed by atoms with E-state index in [9.17, 15) is 0 Å². The molecule has 2 aromatic heterocycles. The van der Waals surface area contributed by atoms with Crippen LogP contribution in [-0.2, 0) is 7.05 Å². The maximum Gasteiger partial charge on any atom is 0.143 e. The van der Waals surface area contributed by atoms with Crippen molar-refractivity contribution in [1.29, 1.82) is 0 Å². The van der Waals surface area contributed by atoms with Crippen molar-refractivity contribution < 1.29 is 4.42 Å². The minimum absolute atomic E-state index is 0.280. The van der Waals surface area contributed by atoms with Gasteiger partial charge in [-0.05, 0) is 24.3 Å². The largest absolute Gasteiger partial charge is 0.467 e. The molecule has 0 aliphatic rings. The highest BCUT2D eigenvalue weighted by molar-refractivity contribution is 6.39. The minimum atomic E-state index is -0.280. The van der Waals surface area contributed by atoms with Crippen LogP contribution in [0.4, 0.5) is 5.69 Å². The van der Waals surface area contributed by atoms with E-state index in [-0.39, 0.29) is 6.04 Å². The second-order valence-corrected chi connectivity index (χ2v) is 5.40. The van der Waals surface area contributed by atoms with Gasteiger partial charge < -0.3 is 14.3 Å². The Morgan fingerprint density at radius 2 is 1.95 bits per heavy atom. The SMILES string of the molecule is Cn1ccnc1C(Nc1c(Cl)cccc1Cl)c1ccco1. The van der Waals surface area contributed by atoms with Crippen LogP contribution in [0.5, 0.6) is 0 Å². The van der Waals surface area contributed by atoms with E-state index < -0.39 is 0 Å². The van der Waals surface area contributed by atoms with Gasteiger partial charge in [0.15, 0.2) is 0 Å². The molecule has 1 N–H and O–H groups in total. The molecule has 3 aromatic rings. The normalized spacial score (nSPS) is 12.3. The third-order valence-electron chi connectivity index (χ3n) is 3.20. The first kappa shape index (κ1) is 14.0. The summed E-state index contributed by atoms with van der Waals surface area (Å²) >= 11 is 12.5. The summed E-state index contributed by atoms with van der Waals surface area (Å²) in [4.78, 5) is 4.38. The third-order valence-corrected chi connectivity index (χ3v) is 3.83. The van der Waals surface area contributed by atoms with Crippen molar-refractivity contribution in [2.45, 2.75) is 6.04 Å². The number of furan rings is 1. The predicted molar refractivity (Wildman–Crippen MR) is 83.8 cm³/mol. The van der Waals surface area contributed by atoms with Crippen molar-refractivity contribution in [3.05, 3.63) is 70.6 Å². The number of halogens is 2. The number of aromatic nitrogens is 2. The molecule has 1 unspecified atom stereocenters. The Kier molecular flexibility index (Phi) is 3.90. The summed E-state index contributed by atoms with van der Waals surface area (Å²) in [5.41, 5.74) is 0.658. The van der Waals surface area contributed by atoms with Crippen molar-refractivity contribution in [3.63, 3.8) is 0 Å². The molecule has 2 heterocycles. The number of nitrogens with zero attached hydrogens (tertiary/aromatic N) is 2. The van der Waals surface area contributed by atoms with Crippen molar-refractivity contribution in [3.8, 4) is 0 Å². The Labute approximate surface area is 132 Å². The van der Waals surface area contributed by atoms with Crippen LogP contribution in [-0.4, -0.2) is 9.55 Å². The molecule has 0 aliphatic carbocycles. The van der Waals surface area contributed by atoms with Crippen molar-refractivity contribution in [2.24, 2.45) is 7.05 Å². The van der Waals surface area contributed by atoms with E-state index in [1.165, 1.54) is 0 Å². The molecule has 0 saturated heterocycles. The second-order valence-electron chi connectivity index (χ2n) is 4.59. The number of nitrogens with one attached hydrogen (secondary N) is 1. The predicted octanol–water partition coefficient (Wildman–Crippen LogP) is 4.52. The first-order valence-corrected chi connectivity index (χ1v) is 7.13. The van der Waals surface area contributed by atoms with Crippen LogP contribution in [0.2, 0.25) is 10.0 Å². The quantitative estimate of drug-likeness (QED) is 0.768. The van der Waals surface area contributed by atoms with Crippen LogP contribution in [0, 0.1) is 0 Å². The molecule has 0 radical (unpaired) electrons. The van der Waals surface area contributed by atoms with Gasteiger partial charge in [-0.3, -0.25) is 0 Å². The summed E-state index contributed by atoms with van der Waals surface area (Å²) in [5, 5.41) is 4.42. The summed E-state index contributed by atoms with van der Waals surface area (Å²) in [6.45, 7) is 0. The van der Waals surface area contributed by atoms with Crippen molar-refractivity contribution in [1.82, 2.24) is 9.55 Å². The Morgan fingerprint density at radius 1 is 1.19 bits per heavy atom. The molecule has 0 bridgehead atoms. The Morgan fingerprint density at radius 3 is 2.52 bits per heavy atom. The summed E-state index contributed by atoms with van der Waals surface area (Å²) in [5.74, 6) is 1.54. The standard InChI is InChI=1S/C15H13Cl2N3O/c1-20-8-7-18-15(20)14(12-6-3-9-21-12)19-13-10(16)4-2-5-11(13)17/h2-9,14,19H,1H3. The van der Waals surface area contributed by atoms with Crippen LogP contribution >= 0.6 is 23.2 Å². The highest BCUT2D eigenvalue weighted by Gasteiger charge is 2.22. The van der Waals surface area contributed by atoms with E-state index in [0.29, 0.717) is 15.7 Å². The molecule has 21 heavy (non-hydrogen) atoms. The lowest BCUT2D eigenvalue weighted by molar-refractivity contribution is 0.488. The van der Waals surface area contributed by atoms with Crippen LogP contribution in [0.15, 0.2) is 53.4 Å². The number of hydrogen-bond donors (Lipinski definition) is 1. The maximum atomic E-state index is 6.23. The molecule has 1 aromatic carbocycles. The Balaban J connectivity index is 2.03. The molecule has 4 nitrogen and oxygen atoms in total. The van der Waals surface area contributed by atoms with Gasteiger partial charge in [-0.2, -0.15) is 0 Å². The number of benzene rings is 1. The lowest BCUT2D eigenvalue weighted by Gasteiger charge is -2.19. The molecule has 0 spiro atoms. The smallest absolute Gasteiger partial charge is 0.143 e. The fraction of sp³-hybridized carbons (Fsp3) is 0.133. The molecule has 0 aliphatic heterocycles. The minimum Gasteiger partial charge on any atom is -0.467 e. The van der Waals surface area contributed by atoms with Crippen LogP contribution in [0.3, 0.4) is 0 Å². The fourth-order valence-electron chi connectivity index (χ4n) is 2.15. The van der Waals surface area contributed by atoms with Gasteiger partial charge in [0.05, 0.1) is 22.0 Å². The lowest BCUT2D eigenvalue weighted by atomic mass is 10.2. The maximum absolute atomic E-state index is 6.23. The molecule has 3 rings (SSSR count). The summed E-state index contributed by atoms with van der Waals surface area (Å²) in [7, 11) is 1.92. The average Bonchev–Trinajstić information content (AvgIpc) is 3.11. The number of rotatable bonds is 4. The van der Waals surface area contributed by atoms with Crippen LogP contribution < -0.4 is 5.32 Å². The van der Waals surface area contributed by atoms with Gasteiger partial charge in [0.1, 0.15) is 17.6 Å². The first-order valence-electron chi connectivity index (χ1n) is 6.38. The molecular weight excluding hydrogens is 309 g/mol. The third kappa shape index (κ3) is 2.77. The lowest BCUT2D eigenvalue weighted by Crippen LogP contribution is -2.16. The van der Waals surface area contributed by atoms with Gasteiger partial charge in [-0.1, -0.05) is 29.3 Å². The van der Waals surface area contributed by atoms with Gasteiger partial charge in [0, 0.05) is 19.4 Å².